The molecule has 0 aromatic heterocycles. The zero-order valence-corrected chi connectivity index (χ0v) is 11.2. The predicted molar refractivity (Wildman–Crippen MR) is 66.1 cm³/mol. The van der Waals surface area contributed by atoms with E-state index >= 15 is 0 Å². The zero-order chi connectivity index (χ0) is 12.1. The number of ether oxygens (including phenoxy) is 1. The fraction of sp³-hybridized carbons (Fsp3) is 0.929. The summed E-state index contributed by atoms with van der Waals surface area (Å²) < 4.78 is 5.19. The number of esters is 1. The van der Waals surface area contributed by atoms with Crippen LogP contribution < -0.4 is 0 Å². The van der Waals surface area contributed by atoms with E-state index in [9.17, 15) is 4.79 Å². The Bertz CT molecular complexity index is 213. The Kier molecular flexibility index (Phi) is 5.30. The molecule has 0 aromatic carbocycles. The summed E-state index contributed by atoms with van der Waals surface area (Å²) in [6.07, 6.45) is 5.64. The molecule has 16 heavy (non-hydrogen) atoms. The molecule has 0 bridgehead atoms. The molecule has 0 radical (unpaired) electrons. The average molecular weight is 226 g/mol. The number of carbonyl (C=O) groups excluding carboxylic acids is 1. The van der Waals surface area contributed by atoms with Gasteiger partial charge < -0.3 is 4.74 Å². The third-order valence-electron chi connectivity index (χ3n) is 3.66. The van der Waals surface area contributed by atoms with E-state index in [1.807, 2.05) is 13.8 Å². The first-order chi connectivity index (χ1) is 7.49. The minimum Gasteiger partial charge on any atom is -0.463 e. The second-order valence-corrected chi connectivity index (χ2v) is 5.77. The van der Waals surface area contributed by atoms with Gasteiger partial charge in [-0.05, 0) is 57.3 Å². The van der Waals surface area contributed by atoms with Crippen molar-refractivity contribution in [2.45, 2.75) is 65.9 Å². The van der Waals surface area contributed by atoms with Crippen molar-refractivity contribution in [2.24, 2.45) is 17.8 Å². The van der Waals surface area contributed by atoms with Crippen LogP contribution in [-0.2, 0) is 9.53 Å². The molecule has 0 heterocycles. The fourth-order valence-electron chi connectivity index (χ4n) is 2.61. The van der Waals surface area contributed by atoms with Gasteiger partial charge in [-0.3, -0.25) is 4.79 Å². The van der Waals surface area contributed by atoms with Crippen molar-refractivity contribution >= 4 is 5.97 Å². The molecule has 1 rings (SSSR count). The first-order valence-corrected chi connectivity index (χ1v) is 6.68. The standard InChI is InChI=1S/C14H26O2/c1-10(2)13-7-5-12(6-8-13)9-14(15)16-11(3)4/h10-13H,5-9H2,1-4H3. The second kappa shape index (κ2) is 6.27. The second-order valence-electron chi connectivity index (χ2n) is 5.77. The van der Waals surface area contributed by atoms with Crippen molar-refractivity contribution in [3.63, 3.8) is 0 Å². The van der Waals surface area contributed by atoms with Gasteiger partial charge in [0.1, 0.15) is 0 Å². The van der Waals surface area contributed by atoms with Crippen LogP contribution in [0, 0.1) is 17.8 Å². The number of hydrogen-bond acceptors (Lipinski definition) is 2. The van der Waals surface area contributed by atoms with Crippen molar-refractivity contribution in [1.82, 2.24) is 0 Å². The lowest BCUT2D eigenvalue weighted by Crippen LogP contribution is -2.22. The van der Waals surface area contributed by atoms with Crippen LogP contribution in [0.2, 0.25) is 0 Å². The van der Waals surface area contributed by atoms with Gasteiger partial charge in [0, 0.05) is 6.42 Å². The molecule has 0 saturated heterocycles. The third kappa shape index (κ3) is 4.54. The van der Waals surface area contributed by atoms with Gasteiger partial charge in [-0.25, -0.2) is 0 Å². The molecule has 0 aromatic rings. The van der Waals surface area contributed by atoms with Gasteiger partial charge in [-0.15, -0.1) is 0 Å². The molecule has 1 saturated carbocycles. The van der Waals surface area contributed by atoms with E-state index in [4.69, 9.17) is 4.74 Å². The molecular formula is C14H26O2. The highest BCUT2D eigenvalue weighted by molar-refractivity contribution is 5.69. The van der Waals surface area contributed by atoms with Gasteiger partial charge in [0.15, 0.2) is 0 Å². The van der Waals surface area contributed by atoms with Crippen LogP contribution in [0.4, 0.5) is 0 Å². The van der Waals surface area contributed by atoms with E-state index < -0.39 is 0 Å². The van der Waals surface area contributed by atoms with Crippen LogP contribution in [-0.4, -0.2) is 12.1 Å². The summed E-state index contributed by atoms with van der Waals surface area (Å²) in [6, 6.07) is 0. The zero-order valence-electron chi connectivity index (χ0n) is 11.2. The average Bonchev–Trinajstić information content (AvgIpc) is 2.16. The predicted octanol–water partition coefficient (Wildman–Crippen LogP) is 3.79. The Morgan fingerprint density at radius 3 is 2.12 bits per heavy atom. The molecule has 1 fully saturated rings. The molecule has 94 valence electrons. The third-order valence-corrected chi connectivity index (χ3v) is 3.66. The van der Waals surface area contributed by atoms with Crippen molar-refractivity contribution in [2.75, 3.05) is 0 Å². The smallest absolute Gasteiger partial charge is 0.306 e. The highest BCUT2D eigenvalue weighted by Crippen LogP contribution is 2.34. The van der Waals surface area contributed by atoms with Gasteiger partial charge in [-0.2, -0.15) is 0 Å². The largest absolute Gasteiger partial charge is 0.463 e. The van der Waals surface area contributed by atoms with E-state index in [-0.39, 0.29) is 12.1 Å². The van der Waals surface area contributed by atoms with Gasteiger partial charge in [0.2, 0.25) is 0 Å². The van der Waals surface area contributed by atoms with Crippen LogP contribution in [0.1, 0.15) is 59.8 Å². The lowest BCUT2D eigenvalue weighted by atomic mass is 9.76. The van der Waals surface area contributed by atoms with E-state index in [0.717, 1.165) is 11.8 Å². The van der Waals surface area contributed by atoms with E-state index in [1.165, 1.54) is 25.7 Å². The Morgan fingerprint density at radius 1 is 1.12 bits per heavy atom. The maximum Gasteiger partial charge on any atom is 0.306 e. The summed E-state index contributed by atoms with van der Waals surface area (Å²) in [6.45, 7) is 8.43. The minimum atomic E-state index is -0.0111. The summed E-state index contributed by atoms with van der Waals surface area (Å²) in [5.41, 5.74) is 0. The highest BCUT2D eigenvalue weighted by Gasteiger charge is 2.25. The summed E-state index contributed by atoms with van der Waals surface area (Å²) >= 11 is 0. The van der Waals surface area contributed by atoms with E-state index in [2.05, 4.69) is 13.8 Å². The van der Waals surface area contributed by atoms with Crippen molar-refractivity contribution < 1.29 is 9.53 Å². The molecule has 1 aliphatic carbocycles. The molecule has 2 nitrogen and oxygen atoms in total. The number of rotatable bonds is 4. The Labute approximate surface area is 99.8 Å². The number of hydrogen-bond donors (Lipinski definition) is 0. The Hall–Kier alpha value is -0.530. The van der Waals surface area contributed by atoms with Crippen LogP contribution >= 0.6 is 0 Å². The normalized spacial score (nSPS) is 26.1. The maximum atomic E-state index is 11.5. The topological polar surface area (TPSA) is 26.3 Å². The lowest BCUT2D eigenvalue weighted by molar-refractivity contribution is -0.148. The number of carbonyl (C=O) groups is 1. The summed E-state index contributed by atoms with van der Waals surface area (Å²) in [4.78, 5) is 11.5. The molecule has 2 heteroatoms. The Balaban J connectivity index is 2.24. The van der Waals surface area contributed by atoms with Crippen LogP contribution in [0.3, 0.4) is 0 Å². The van der Waals surface area contributed by atoms with Gasteiger partial charge in [0.25, 0.3) is 0 Å². The van der Waals surface area contributed by atoms with Crippen LogP contribution in [0.25, 0.3) is 0 Å². The van der Waals surface area contributed by atoms with Crippen LogP contribution in [0.15, 0.2) is 0 Å². The van der Waals surface area contributed by atoms with Gasteiger partial charge >= 0.3 is 5.97 Å². The minimum absolute atomic E-state index is 0.0111. The van der Waals surface area contributed by atoms with Gasteiger partial charge in [-0.1, -0.05) is 13.8 Å². The maximum absolute atomic E-state index is 11.5. The molecule has 0 amide bonds. The molecule has 0 atom stereocenters. The summed E-state index contributed by atoms with van der Waals surface area (Å²) in [5.74, 6) is 2.23. The molecule has 1 aliphatic rings. The first-order valence-electron chi connectivity index (χ1n) is 6.68. The monoisotopic (exact) mass is 226 g/mol. The highest BCUT2D eigenvalue weighted by atomic mass is 16.5. The summed E-state index contributed by atoms with van der Waals surface area (Å²) in [7, 11) is 0. The molecular weight excluding hydrogens is 200 g/mol. The van der Waals surface area contributed by atoms with Gasteiger partial charge in [0.05, 0.1) is 6.10 Å². The molecule has 0 N–H and O–H groups in total. The molecule has 0 spiro atoms. The summed E-state index contributed by atoms with van der Waals surface area (Å²) in [5, 5.41) is 0. The Morgan fingerprint density at radius 2 is 1.69 bits per heavy atom. The van der Waals surface area contributed by atoms with Crippen LogP contribution in [0.5, 0.6) is 0 Å². The SMILES string of the molecule is CC(C)OC(=O)CC1CCC(C(C)C)CC1. The lowest BCUT2D eigenvalue weighted by Gasteiger charge is -2.30. The van der Waals surface area contributed by atoms with Crippen molar-refractivity contribution in [3.05, 3.63) is 0 Å². The first kappa shape index (κ1) is 13.5. The fourth-order valence-corrected chi connectivity index (χ4v) is 2.61. The van der Waals surface area contributed by atoms with Crippen molar-refractivity contribution in [3.8, 4) is 0 Å². The molecule has 0 unspecified atom stereocenters. The molecule has 0 aliphatic heterocycles. The van der Waals surface area contributed by atoms with Crippen molar-refractivity contribution in [1.29, 1.82) is 0 Å². The quantitative estimate of drug-likeness (QED) is 0.682. The van der Waals surface area contributed by atoms with E-state index in [1.54, 1.807) is 0 Å². The van der Waals surface area contributed by atoms with E-state index in [0.29, 0.717) is 12.3 Å².